The number of nitrogen functional groups attached to an aromatic ring is 1. The molecule has 2 heterocycles. The molecule has 0 aromatic carbocycles. The molecule has 0 aliphatic carbocycles. The van der Waals surface area contributed by atoms with Crippen LogP contribution in [0.15, 0.2) is 29.5 Å². The number of aryl methyl sites for hydroxylation is 2. The van der Waals surface area contributed by atoms with Crippen molar-refractivity contribution < 1.29 is 0 Å². The third kappa shape index (κ3) is 1.63. The number of aromatic nitrogens is 3. The van der Waals surface area contributed by atoms with Crippen LogP contribution in [0.1, 0.15) is 0 Å². The summed E-state index contributed by atoms with van der Waals surface area (Å²) in [4.78, 5) is 11.4. The lowest BCUT2D eigenvalue weighted by Crippen LogP contribution is -2.19. The van der Waals surface area contributed by atoms with Gasteiger partial charge in [-0.15, -0.1) is 0 Å². The van der Waals surface area contributed by atoms with Crippen LogP contribution >= 0.6 is 0 Å². The molecule has 2 N–H and O–H groups in total. The molecular weight excluding hydrogens is 192 g/mol. The number of hydrogen-bond donors (Lipinski definition) is 1. The van der Waals surface area contributed by atoms with Gasteiger partial charge in [-0.05, 0) is 6.07 Å². The van der Waals surface area contributed by atoms with Gasteiger partial charge in [-0.3, -0.25) is 9.48 Å². The molecule has 0 aliphatic heterocycles. The van der Waals surface area contributed by atoms with E-state index < -0.39 is 0 Å². The Morgan fingerprint density at radius 3 is 2.53 bits per heavy atom. The molecule has 0 saturated carbocycles. The first-order chi connectivity index (χ1) is 7.08. The molecule has 0 radical (unpaired) electrons. The van der Waals surface area contributed by atoms with E-state index in [1.807, 2.05) is 13.2 Å². The molecule has 0 bridgehead atoms. The first kappa shape index (κ1) is 9.51. The number of pyridine rings is 1. The van der Waals surface area contributed by atoms with Gasteiger partial charge < -0.3 is 10.3 Å². The minimum absolute atomic E-state index is 0.178. The molecule has 2 rings (SSSR count). The van der Waals surface area contributed by atoms with Gasteiger partial charge in [0.2, 0.25) is 0 Å². The van der Waals surface area contributed by atoms with Gasteiger partial charge in [0.25, 0.3) is 5.56 Å². The van der Waals surface area contributed by atoms with Crippen molar-refractivity contribution in [3.63, 3.8) is 0 Å². The topological polar surface area (TPSA) is 65.8 Å². The maximum absolute atomic E-state index is 11.4. The molecule has 2 aromatic heterocycles. The predicted octanol–water partition coefficient (Wildman–Crippen LogP) is 0.368. The number of hydrogen-bond acceptors (Lipinski definition) is 3. The van der Waals surface area contributed by atoms with Crippen LogP contribution in [0.25, 0.3) is 11.1 Å². The van der Waals surface area contributed by atoms with Crippen LogP contribution in [-0.4, -0.2) is 14.3 Å². The molecule has 78 valence electrons. The predicted molar refractivity (Wildman–Crippen MR) is 58.3 cm³/mol. The Morgan fingerprint density at radius 1 is 1.27 bits per heavy atom. The fourth-order valence-corrected chi connectivity index (χ4v) is 1.47. The molecule has 0 spiro atoms. The van der Waals surface area contributed by atoms with E-state index in [1.165, 1.54) is 4.57 Å². The molecule has 0 unspecified atom stereocenters. The number of nitrogens with zero attached hydrogens (tertiary/aromatic N) is 3. The Bertz CT molecular complexity index is 527. The van der Waals surface area contributed by atoms with Crippen LogP contribution in [-0.2, 0) is 14.1 Å². The van der Waals surface area contributed by atoms with E-state index in [-0.39, 0.29) is 11.2 Å². The molecular formula is C10H12N4O. The molecule has 0 saturated heterocycles. The summed E-state index contributed by atoms with van der Waals surface area (Å²) >= 11 is 0. The van der Waals surface area contributed by atoms with Crippen molar-refractivity contribution in [1.82, 2.24) is 14.3 Å². The highest BCUT2D eigenvalue weighted by Crippen LogP contribution is 2.17. The summed E-state index contributed by atoms with van der Waals surface area (Å²) in [6.45, 7) is 0. The largest absolute Gasteiger partial charge is 0.394 e. The van der Waals surface area contributed by atoms with Gasteiger partial charge >= 0.3 is 0 Å². The molecule has 0 aliphatic rings. The van der Waals surface area contributed by atoms with E-state index in [9.17, 15) is 4.79 Å². The van der Waals surface area contributed by atoms with Gasteiger partial charge in [0.05, 0.1) is 11.9 Å². The highest BCUT2D eigenvalue weighted by atomic mass is 16.1. The average molecular weight is 204 g/mol. The maximum Gasteiger partial charge on any atom is 0.273 e. The molecule has 2 aromatic rings. The van der Waals surface area contributed by atoms with Gasteiger partial charge in [-0.1, -0.05) is 0 Å². The van der Waals surface area contributed by atoms with Gasteiger partial charge in [0.15, 0.2) is 0 Å². The highest BCUT2D eigenvalue weighted by Gasteiger charge is 2.04. The van der Waals surface area contributed by atoms with Gasteiger partial charge in [-0.2, -0.15) is 5.10 Å². The monoisotopic (exact) mass is 204 g/mol. The minimum atomic E-state index is -0.178. The quantitative estimate of drug-likeness (QED) is 0.729. The second-order valence-corrected chi connectivity index (χ2v) is 3.50. The SMILES string of the molecule is Cn1cc(-c2cc(N)c(=O)n(C)c2)cn1. The van der Waals surface area contributed by atoms with Gasteiger partial charge in [-0.25, -0.2) is 0 Å². The average Bonchev–Trinajstić information content (AvgIpc) is 2.60. The Labute approximate surface area is 86.8 Å². The van der Waals surface area contributed by atoms with Crippen LogP contribution in [0, 0.1) is 0 Å². The number of rotatable bonds is 1. The van der Waals surface area contributed by atoms with Crippen LogP contribution in [0.4, 0.5) is 5.69 Å². The van der Waals surface area contributed by atoms with Crippen molar-refractivity contribution >= 4 is 5.69 Å². The summed E-state index contributed by atoms with van der Waals surface area (Å²) < 4.78 is 3.17. The smallest absolute Gasteiger partial charge is 0.273 e. The van der Waals surface area contributed by atoms with Crippen LogP contribution in [0.3, 0.4) is 0 Å². The first-order valence-electron chi connectivity index (χ1n) is 4.53. The van der Waals surface area contributed by atoms with Gasteiger partial charge in [0, 0.05) is 37.6 Å². The molecule has 0 fully saturated rings. The Morgan fingerprint density at radius 2 is 2.00 bits per heavy atom. The lowest BCUT2D eigenvalue weighted by molar-refractivity contribution is 0.768. The summed E-state index contributed by atoms with van der Waals surface area (Å²) in [7, 11) is 3.52. The van der Waals surface area contributed by atoms with E-state index in [0.717, 1.165) is 11.1 Å². The van der Waals surface area contributed by atoms with Crippen molar-refractivity contribution in [2.24, 2.45) is 14.1 Å². The second-order valence-electron chi connectivity index (χ2n) is 3.50. The normalized spacial score (nSPS) is 10.5. The van der Waals surface area contributed by atoms with E-state index >= 15 is 0 Å². The van der Waals surface area contributed by atoms with Crippen LogP contribution in [0.2, 0.25) is 0 Å². The molecule has 0 atom stereocenters. The number of nitrogens with two attached hydrogens (primary N) is 1. The zero-order valence-electron chi connectivity index (χ0n) is 8.64. The maximum atomic E-state index is 11.4. The molecule has 5 heteroatoms. The summed E-state index contributed by atoms with van der Waals surface area (Å²) in [6, 6.07) is 1.67. The third-order valence-electron chi connectivity index (χ3n) is 2.25. The second kappa shape index (κ2) is 3.27. The van der Waals surface area contributed by atoms with Gasteiger partial charge in [0.1, 0.15) is 0 Å². The summed E-state index contributed by atoms with van der Waals surface area (Å²) in [5, 5.41) is 4.06. The van der Waals surface area contributed by atoms with E-state index in [0.29, 0.717) is 0 Å². The van der Waals surface area contributed by atoms with Crippen molar-refractivity contribution in [3.05, 3.63) is 35.0 Å². The standard InChI is InChI=1S/C10H12N4O/c1-13-5-7(3-9(11)10(13)15)8-4-12-14(2)6-8/h3-6H,11H2,1-2H3. The Balaban J connectivity index is 2.60. The molecule has 15 heavy (non-hydrogen) atoms. The Kier molecular flexibility index (Phi) is 2.07. The van der Waals surface area contributed by atoms with Crippen molar-refractivity contribution in [2.45, 2.75) is 0 Å². The van der Waals surface area contributed by atoms with Crippen LogP contribution in [0.5, 0.6) is 0 Å². The lowest BCUT2D eigenvalue weighted by atomic mass is 10.1. The first-order valence-corrected chi connectivity index (χ1v) is 4.53. The highest BCUT2D eigenvalue weighted by molar-refractivity contribution is 5.64. The summed E-state index contributed by atoms with van der Waals surface area (Å²) in [5.74, 6) is 0. The van der Waals surface area contributed by atoms with E-state index in [1.54, 1.807) is 30.2 Å². The fraction of sp³-hybridized carbons (Fsp3) is 0.200. The lowest BCUT2D eigenvalue weighted by Gasteiger charge is -2.03. The van der Waals surface area contributed by atoms with Crippen molar-refractivity contribution in [3.8, 4) is 11.1 Å². The zero-order valence-corrected chi connectivity index (χ0v) is 8.64. The van der Waals surface area contributed by atoms with Crippen molar-refractivity contribution in [1.29, 1.82) is 0 Å². The van der Waals surface area contributed by atoms with Crippen molar-refractivity contribution in [2.75, 3.05) is 5.73 Å². The third-order valence-corrected chi connectivity index (χ3v) is 2.25. The zero-order chi connectivity index (χ0) is 11.0. The van der Waals surface area contributed by atoms with E-state index in [2.05, 4.69) is 5.10 Å². The molecule has 0 amide bonds. The van der Waals surface area contributed by atoms with Crippen LogP contribution < -0.4 is 11.3 Å². The summed E-state index contributed by atoms with van der Waals surface area (Å²) in [5.41, 5.74) is 7.51. The number of anilines is 1. The Hall–Kier alpha value is -2.04. The van der Waals surface area contributed by atoms with E-state index in [4.69, 9.17) is 5.73 Å². The summed E-state index contributed by atoms with van der Waals surface area (Å²) in [6.07, 6.45) is 5.36. The fourth-order valence-electron chi connectivity index (χ4n) is 1.47. The molecule has 5 nitrogen and oxygen atoms in total. The minimum Gasteiger partial charge on any atom is -0.394 e.